The predicted molar refractivity (Wildman–Crippen MR) is 106 cm³/mol. The van der Waals surface area contributed by atoms with Crippen molar-refractivity contribution in [2.24, 2.45) is 0 Å². The van der Waals surface area contributed by atoms with Crippen molar-refractivity contribution in [2.75, 3.05) is 27.9 Å². The lowest BCUT2D eigenvalue weighted by atomic mass is 10.1. The SMILES string of the molecule is COc1cccc(/C=C/C(=O)NCCc2cc(OC)c(OC)cc2Br)c1. The fraction of sp³-hybridized carbons (Fsp3) is 0.250. The van der Waals surface area contributed by atoms with Gasteiger partial charge in [-0.1, -0.05) is 28.1 Å². The van der Waals surface area contributed by atoms with E-state index in [0.29, 0.717) is 24.5 Å². The van der Waals surface area contributed by atoms with E-state index in [2.05, 4.69) is 21.2 Å². The van der Waals surface area contributed by atoms with E-state index in [1.807, 2.05) is 36.4 Å². The Kier molecular flexibility index (Phi) is 7.53. The summed E-state index contributed by atoms with van der Waals surface area (Å²) >= 11 is 3.52. The van der Waals surface area contributed by atoms with Crippen LogP contribution in [0.15, 0.2) is 46.9 Å². The molecular weight excluding hydrogens is 398 g/mol. The number of carbonyl (C=O) groups is 1. The van der Waals surface area contributed by atoms with Crippen molar-refractivity contribution >= 4 is 27.9 Å². The van der Waals surface area contributed by atoms with Gasteiger partial charge in [0.15, 0.2) is 11.5 Å². The third-order valence-corrected chi connectivity index (χ3v) is 4.51. The smallest absolute Gasteiger partial charge is 0.244 e. The van der Waals surface area contributed by atoms with Gasteiger partial charge in [-0.3, -0.25) is 4.79 Å². The van der Waals surface area contributed by atoms with Crippen molar-refractivity contribution in [1.82, 2.24) is 5.32 Å². The Morgan fingerprint density at radius 1 is 1.08 bits per heavy atom. The molecule has 138 valence electrons. The average molecular weight is 420 g/mol. The second kappa shape index (κ2) is 9.87. The third-order valence-electron chi connectivity index (χ3n) is 3.77. The summed E-state index contributed by atoms with van der Waals surface area (Å²) in [6.45, 7) is 0.509. The first kappa shape index (κ1) is 19.8. The summed E-state index contributed by atoms with van der Waals surface area (Å²) in [4.78, 5) is 12.0. The molecule has 0 saturated carbocycles. The zero-order valence-corrected chi connectivity index (χ0v) is 16.6. The number of methoxy groups -OCH3 is 3. The Morgan fingerprint density at radius 2 is 1.81 bits per heavy atom. The summed E-state index contributed by atoms with van der Waals surface area (Å²) < 4.78 is 16.7. The number of rotatable bonds is 8. The van der Waals surface area contributed by atoms with Crippen LogP contribution in [0.4, 0.5) is 0 Å². The van der Waals surface area contributed by atoms with Crippen LogP contribution in [0.1, 0.15) is 11.1 Å². The summed E-state index contributed by atoms with van der Waals surface area (Å²) in [5, 5.41) is 2.87. The summed E-state index contributed by atoms with van der Waals surface area (Å²) in [6.07, 6.45) is 3.93. The monoisotopic (exact) mass is 419 g/mol. The summed E-state index contributed by atoms with van der Waals surface area (Å²) in [6, 6.07) is 11.3. The Hall–Kier alpha value is -2.47. The molecule has 2 aromatic carbocycles. The van der Waals surface area contributed by atoms with Gasteiger partial charge in [-0.05, 0) is 47.9 Å². The summed E-state index contributed by atoms with van der Waals surface area (Å²) in [7, 11) is 4.81. The Morgan fingerprint density at radius 3 is 2.50 bits per heavy atom. The number of ether oxygens (including phenoxy) is 3. The number of amides is 1. The number of carbonyl (C=O) groups excluding carboxylic acids is 1. The third kappa shape index (κ3) is 5.52. The van der Waals surface area contributed by atoms with Crippen molar-refractivity contribution in [1.29, 1.82) is 0 Å². The van der Waals surface area contributed by atoms with Gasteiger partial charge in [0.05, 0.1) is 21.3 Å². The first-order valence-electron chi connectivity index (χ1n) is 8.07. The quantitative estimate of drug-likeness (QED) is 0.660. The van der Waals surface area contributed by atoms with E-state index in [0.717, 1.165) is 21.3 Å². The second-order valence-electron chi connectivity index (χ2n) is 5.45. The van der Waals surface area contributed by atoms with Crippen LogP contribution in [0.3, 0.4) is 0 Å². The van der Waals surface area contributed by atoms with E-state index >= 15 is 0 Å². The van der Waals surface area contributed by atoms with E-state index in [1.165, 1.54) is 6.08 Å². The molecule has 0 bridgehead atoms. The first-order chi connectivity index (χ1) is 12.6. The number of halogens is 1. The molecule has 0 heterocycles. The molecule has 0 aromatic heterocycles. The maximum absolute atomic E-state index is 12.0. The predicted octanol–water partition coefficient (Wildman–Crippen LogP) is 3.85. The Labute approximate surface area is 162 Å². The number of benzene rings is 2. The van der Waals surface area contributed by atoms with Gasteiger partial charge in [0.1, 0.15) is 5.75 Å². The van der Waals surface area contributed by atoms with Crippen LogP contribution >= 0.6 is 15.9 Å². The van der Waals surface area contributed by atoms with Gasteiger partial charge in [-0.2, -0.15) is 0 Å². The van der Waals surface area contributed by atoms with Crippen molar-refractivity contribution in [3.8, 4) is 17.2 Å². The van der Waals surface area contributed by atoms with E-state index in [9.17, 15) is 4.79 Å². The largest absolute Gasteiger partial charge is 0.497 e. The van der Waals surface area contributed by atoms with Crippen LogP contribution in [0.2, 0.25) is 0 Å². The molecule has 5 nitrogen and oxygen atoms in total. The van der Waals surface area contributed by atoms with E-state index in [-0.39, 0.29) is 5.91 Å². The molecule has 0 aliphatic rings. The molecule has 6 heteroatoms. The first-order valence-corrected chi connectivity index (χ1v) is 8.87. The van der Waals surface area contributed by atoms with Crippen LogP contribution < -0.4 is 19.5 Å². The van der Waals surface area contributed by atoms with Gasteiger partial charge >= 0.3 is 0 Å². The summed E-state index contributed by atoms with van der Waals surface area (Å²) in [5.74, 6) is 1.93. The highest BCUT2D eigenvalue weighted by molar-refractivity contribution is 9.10. The molecule has 0 radical (unpaired) electrons. The molecule has 1 N–H and O–H groups in total. The van der Waals surface area contributed by atoms with Crippen LogP contribution in [-0.4, -0.2) is 33.8 Å². The normalized spacial score (nSPS) is 10.6. The molecule has 26 heavy (non-hydrogen) atoms. The highest BCUT2D eigenvalue weighted by Crippen LogP contribution is 2.33. The van der Waals surface area contributed by atoms with Crippen LogP contribution in [0.25, 0.3) is 6.08 Å². The lowest BCUT2D eigenvalue weighted by Gasteiger charge is -2.12. The minimum absolute atomic E-state index is 0.149. The molecule has 0 aliphatic carbocycles. The Balaban J connectivity index is 1.91. The molecule has 0 spiro atoms. The lowest BCUT2D eigenvalue weighted by Crippen LogP contribution is -2.23. The number of hydrogen-bond donors (Lipinski definition) is 1. The van der Waals surface area contributed by atoms with Gasteiger partial charge in [0.2, 0.25) is 5.91 Å². The zero-order chi connectivity index (χ0) is 18.9. The molecule has 0 unspecified atom stereocenters. The molecule has 0 saturated heterocycles. The number of nitrogens with one attached hydrogen (secondary N) is 1. The van der Waals surface area contributed by atoms with Crippen LogP contribution in [-0.2, 0) is 11.2 Å². The maximum Gasteiger partial charge on any atom is 0.244 e. The van der Waals surface area contributed by atoms with Gasteiger partial charge in [-0.25, -0.2) is 0 Å². The maximum atomic E-state index is 12.0. The molecular formula is C20H22BrNO4. The molecule has 2 rings (SSSR count). The van der Waals surface area contributed by atoms with Crippen molar-refractivity contribution < 1.29 is 19.0 Å². The van der Waals surface area contributed by atoms with Crippen molar-refractivity contribution in [2.45, 2.75) is 6.42 Å². The van der Waals surface area contributed by atoms with E-state index in [1.54, 1.807) is 27.4 Å². The van der Waals surface area contributed by atoms with Crippen LogP contribution in [0.5, 0.6) is 17.2 Å². The van der Waals surface area contributed by atoms with Gasteiger partial charge < -0.3 is 19.5 Å². The minimum Gasteiger partial charge on any atom is -0.497 e. The van der Waals surface area contributed by atoms with E-state index < -0.39 is 0 Å². The zero-order valence-electron chi connectivity index (χ0n) is 15.0. The number of hydrogen-bond acceptors (Lipinski definition) is 4. The average Bonchev–Trinajstić information content (AvgIpc) is 2.67. The van der Waals surface area contributed by atoms with Gasteiger partial charge in [0.25, 0.3) is 0 Å². The van der Waals surface area contributed by atoms with Crippen LogP contribution in [0, 0.1) is 0 Å². The minimum atomic E-state index is -0.149. The Bertz CT molecular complexity index is 789. The highest BCUT2D eigenvalue weighted by Gasteiger charge is 2.09. The van der Waals surface area contributed by atoms with E-state index in [4.69, 9.17) is 14.2 Å². The van der Waals surface area contributed by atoms with Gasteiger partial charge in [-0.15, -0.1) is 0 Å². The van der Waals surface area contributed by atoms with Crippen molar-refractivity contribution in [3.05, 3.63) is 58.1 Å². The standard InChI is InChI=1S/C20H22BrNO4/c1-24-16-6-4-5-14(11-16)7-8-20(23)22-10-9-15-12-18(25-2)19(26-3)13-17(15)21/h4-8,11-13H,9-10H2,1-3H3,(H,22,23)/b8-7+. The molecule has 0 fully saturated rings. The van der Waals surface area contributed by atoms with Gasteiger partial charge in [0, 0.05) is 17.1 Å². The lowest BCUT2D eigenvalue weighted by molar-refractivity contribution is -0.116. The highest BCUT2D eigenvalue weighted by atomic mass is 79.9. The second-order valence-corrected chi connectivity index (χ2v) is 6.30. The fourth-order valence-corrected chi connectivity index (χ4v) is 2.90. The fourth-order valence-electron chi connectivity index (χ4n) is 2.38. The molecule has 0 atom stereocenters. The molecule has 2 aromatic rings. The molecule has 0 aliphatic heterocycles. The summed E-state index contributed by atoms with van der Waals surface area (Å²) in [5.41, 5.74) is 1.93. The topological polar surface area (TPSA) is 56.8 Å². The molecule has 1 amide bonds. The van der Waals surface area contributed by atoms with Crippen molar-refractivity contribution in [3.63, 3.8) is 0 Å².